The van der Waals surface area contributed by atoms with Crippen LogP contribution in [0.3, 0.4) is 0 Å². The second-order valence-corrected chi connectivity index (χ2v) is 3.57. The van der Waals surface area contributed by atoms with Crippen LogP contribution in [0.25, 0.3) is 0 Å². The van der Waals surface area contributed by atoms with Crippen molar-refractivity contribution in [3.63, 3.8) is 0 Å². The summed E-state index contributed by atoms with van der Waals surface area (Å²) in [6.07, 6.45) is 4.44. The van der Waals surface area contributed by atoms with Crippen LogP contribution in [0.1, 0.15) is 25.8 Å². The highest BCUT2D eigenvalue weighted by Gasteiger charge is 2.15. The molecule has 1 unspecified atom stereocenters. The molecule has 0 aromatic carbocycles. The summed E-state index contributed by atoms with van der Waals surface area (Å²) in [7, 11) is 0. The Morgan fingerprint density at radius 2 is 2.64 bits per heavy atom. The number of rotatable bonds is 3. The summed E-state index contributed by atoms with van der Waals surface area (Å²) in [6.45, 7) is 4.81. The maximum Gasteiger partial charge on any atom is 0.232 e. The number of nitrogens with zero attached hydrogens (tertiary/aromatic N) is 2. The van der Waals surface area contributed by atoms with E-state index in [4.69, 9.17) is 4.74 Å². The average Bonchev–Trinajstić information content (AvgIpc) is 2.68. The summed E-state index contributed by atoms with van der Waals surface area (Å²) in [6, 6.07) is 2.43. The van der Waals surface area contributed by atoms with E-state index in [1.165, 1.54) is 12.8 Å². The van der Waals surface area contributed by atoms with Gasteiger partial charge in [-0.05, 0) is 26.3 Å². The van der Waals surface area contributed by atoms with Gasteiger partial charge in [-0.1, -0.05) is 0 Å². The molecule has 4 nitrogen and oxygen atoms in total. The van der Waals surface area contributed by atoms with Gasteiger partial charge in [0.1, 0.15) is 0 Å². The van der Waals surface area contributed by atoms with Crippen LogP contribution in [-0.2, 0) is 0 Å². The van der Waals surface area contributed by atoms with Gasteiger partial charge in [0.25, 0.3) is 0 Å². The third kappa shape index (κ3) is 2.07. The molecule has 2 rings (SSSR count). The van der Waals surface area contributed by atoms with E-state index in [1.807, 2.05) is 23.9 Å². The standard InChI is InChI=1S/C10H17N3O/c1-2-14-10-5-7-13(12-10)9-4-3-6-11-8-9/h5,7,9,11H,2-4,6,8H2,1H3. The zero-order valence-electron chi connectivity index (χ0n) is 8.57. The second kappa shape index (κ2) is 4.46. The van der Waals surface area contributed by atoms with Crippen molar-refractivity contribution in [2.24, 2.45) is 0 Å². The van der Waals surface area contributed by atoms with Crippen LogP contribution in [0.2, 0.25) is 0 Å². The SMILES string of the molecule is CCOc1ccn(C2CCCNC2)n1. The quantitative estimate of drug-likeness (QED) is 0.788. The number of hydrogen-bond acceptors (Lipinski definition) is 3. The van der Waals surface area contributed by atoms with E-state index < -0.39 is 0 Å². The van der Waals surface area contributed by atoms with Crippen LogP contribution in [0.4, 0.5) is 0 Å². The summed E-state index contributed by atoms with van der Waals surface area (Å²) < 4.78 is 7.34. The third-order valence-corrected chi connectivity index (χ3v) is 2.52. The van der Waals surface area contributed by atoms with Crippen LogP contribution in [0.5, 0.6) is 5.88 Å². The monoisotopic (exact) mass is 195 g/mol. The molecule has 1 aliphatic heterocycles. The highest BCUT2D eigenvalue weighted by Crippen LogP contribution is 2.17. The summed E-state index contributed by atoms with van der Waals surface area (Å²) in [5.41, 5.74) is 0. The first-order valence-corrected chi connectivity index (χ1v) is 5.29. The van der Waals surface area contributed by atoms with Gasteiger partial charge in [-0.15, -0.1) is 5.10 Å². The summed E-state index contributed by atoms with van der Waals surface area (Å²) in [5, 5.41) is 7.75. The smallest absolute Gasteiger partial charge is 0.232 e. The summed E-state index contributed by atoms with van der Waals surface area (Å²) in [5.74, 6) is 0.734. The van der Waals surface area contributed by atoms with Gasteiger partial charge in [0, 0.05) is 18.8 Å². The molecule has 1 saturated heterocycles. The van der Waals surface area contributed by atoms with Gasteiger partial charge in [-0.2, -0.15) is 0 Å². The molecular formula is C10H17N3O. The largest absolute Gasteiger partial charge is 0.477 e. The normalized spacial score (nSPS) is 22.2. The Morgan fingerprint density at radius 1 is 1.71 bits per heavy atom. The molecule has 2 heterocycles. The van der Waals surface area contributed by atoms with Crippen LogP contribution < -0.4 is 10.1 Å². The Balaban J connectivity index is 2.00. The third-order valence-electron chi connectivity index (χ3n) is 2.52. The molecule has 1 aliphatic rings. The van der Waals surface area contributed by atoms with Crippen molar-refractivity contribution < 1.29 is 4.74 Å². The molecule has 0 spiro atoms. The predicted octanol–water partition coefficient (Wildman–Crippen LogP) is 1.21. The minimum absolute atomic E-state index is 0.498. The average molecular weight is 195 g/mol. The van der Waals surface area contributed by atoms with E-state index in [9.17, 15) is 0 Å². The zero-order chi connectivity index (χ0) is 9.80. The van der Waals surface area contributed by atoms with E-state index in [2.05, 4.69) is 10.4 Å². The Hall–Kier alpha value is -1.03. The molecule has 0 saturated carbocycles. The molecule has 1 aromatic rings. The molecular weight excluding hydrogens is 178 g/mol. The molecule has 0 amide bonds. The number of aromatic nitrogens is 2. The van der Waals surface area contributed by atoms with Gasteiger partial charge in [0.2, 0.25) is 5.88 Å². The maximum absolute atomic E-state index is 5.32. The second-order valence-electron chi connectivity index (χ2n) is 3.57. The van der Waals surface area contributed by atoms with E-state index in [1.54, 1.807) is 0 Å². The first kappa shape index (κ1) is 9.52. The fourth-order valence-electron chi connectivity index (χ4n) is 1.81. The molecule has 78 valence electrons. The fourth-order valence-corrected chi connectivity index (χ4v) is 1.81. The molecule has 4 heteroatoms. The number of hydrogen-bond donors (Lipinski definition) is 1. The van der Waals surface area contributed by atoms with Crippen molar-refractivity contribution in [3.8, 4) is 5.88 Å². The molecule has 14 heavy (non-hydrogen) atoms. The predicted molar refractivity (Wildman–Crippen MR) is 54.5 cm³/mol. The first-order valence-electron chi connectivity index (χ1n) is 5.29. The van der Waals surface area contributed by atoms with Gasteiger partial charge in [-0.3, -0.25) is 4.68 Å². The van der Waals surface area contributed by atoms with E-state index in [0.717, 1.165) is 19.0 Å². The molecule has 0 aliphatic carbocycles. The zero-order valence-corrected chi connectivity index (χ0v) is 8.57. The fraction of sp³-hybridized carbons (Fsp3) is 0.700. The van der Waals surface area contributed by atoms with Crippen molar-refractivity contribution in [3.05, 3.63) is 12.3 Å². The van der Waals surface area contributed by atoms with Gasteiger partial charge in [-0.25, -0.2) is 0 Å². The molecule has 1 fully saturated rings. The van der Waals surface area contributed by atoms with Crippen LogP contribution in [-0.4, -0.2) is 29.5 Å². The maximum atomic E-state index is 5.32. The van der Waals surface area contributed by atoms with Gasteiger partial charge in [0.05, 0.1) is 12.6 Å². The topological polar surface area (TPSA) is 39.1 Å². The Morgan fingerprint density at radius 3 is 3.36 bits per heavy atom. The van der Waals surface area contributed by atoms with Gasteiger partial charge >= 0.3 is 0 Å². The van der Waals surface area contributed by atoms with Crippen molar-refractivity contribution in [1.29, 1.82) is 0 Å². The molecule has 1 aromatic heterocycles. The Labute approximate surface area is 84.3 Å². The minimum Gasteiger partial charge on any atom is -0.477 e. The Kier molecular flexibility index (Phi) is 3.03. The van der Waals surface area contributed by atoms with E-state index in [-0.39, 0.29) is 0 Å². The first-order chi connectivity index (χ1) is 6.90. The molecule has 0 bridgehead atoms. The van der Waals surface area contributed by atoms with Crippen molar-refractivity contribution >= 4 is 0 Å². The van der Waals surface area contributed by atoms with Crippen molar-refractivity contribution in [2.75, 3.05) is 19.7 Å². The van der Waals surface area contributed by atoms with E-state index in [0.29, 0.717) is 12.6 Å². The van der Waals surface area contributed by atoms with Crippen LogP contribution in [0.15, 0.2) is 12.3 Å². The lowest BCUT2D eigenvalue weighted by Crippen LogP contribution is -2.31. The summed E-state index contributed by atoms with van der Waals surface area (Å²) >= 11 is 0. The number of ether oxygens (including phenoxy) is 1. The highest BCUT2D eigenvalue weighted by atomic mass is 16.5. The lowest BCUT2D eigenvalue weighted by Gasteiger charge is -2.22. The molecule has 1 N–H and O–H groups in total. The van der Waals surface area contributed by atoms with Crippen molar-refractivity contribution in [1.82, 2.24) is 15.1 Å². The molecule has 0 radical (unpaired) electrons. The lowest BCUT2D eigenvalue weighted by atomic mass is 10.1. The van der Waals surface area contributed by atoms with Crippen LogP contribution >= 0.6 is 0 Å². The van der Waals surface area contributed by atoms with Gasteiger partial charge in [0.15, 0.2) is 0 Å². The number of nitrogens with one attached hydrogen (secondary N) is 1. The van der Waals surface area contributed by atoms with E-state index >= 15 is 0 Å². The Bertz CT molecular complexity index is 279. The van der Waals surface area contributed by atoms with Crippen molar-refractivity contribution in [2.45, 2.75) is 25.8 Å². The minimum atomic E-state index is 0.498. The number of piperidine rings is 1. The lowest BCUT2D eigenvalue weighted by molar-refractivity contribution is 0.303. The highest BCUT2D eigenvalue weighted by molar-refractivity contribution is 5.06. The summed E-state index contributed by atoms with van der Waals surface area (Å²) in [4.78, 5) is 0. The van der Waals surface area contributed by atoms with Gasteiger partial charge < -0.3 is 10.1 Å². The van der Waals surface area contributed by atoms with Crippen LogP contribution in [0, 0.1) is 0 Å². The molecule has 1 atom stereocenters.